The number of rotatable bonds is 28. The van der Waals surface area contributed by atoms with Crippen molar-refractivity contribution in [1.82, 2.24) is 0 Å². The fourth-order valence-corrected chi connectivity index (χ4v) is 10.8. The zero-order valence-corrected chi connectivity index (χ0v) is 43.8. The molecule has 0 amide bonds. The predicted molar refractivity (Wildman–Crippen MR) is 262 cm³/mol. The number of esters is 2. The van der Waals surface area contributed by atoms with Gasteiger partial charge >= 0.3 is 27.6 Å². The highest BCUT2D eigenvalue weighted by atomic mass is 31.2. The number of carbonyl (C=O) groups is 2. The number of ether oxygens (including phenoxy) is 2. The summed E-state index contributed by atoms with van der Waals surface area (Å²) in [4.78, 5) is 56.8. The lowest BCUT2D eigenvalue weighted by atomic mass is 9.82. The number of aliphatic hydroxyl groups is 7. The first kappa shape index (κ1) is 64.7. The van der Waals surface area contributed by atoms with Crippen molar-refractivity contribution in [2.24, 2.45) is 11.8 Å². The average molecular weight is 1050 g/mol. The first-order valence-electron chi connectivity index (χ1n) is 26.5. The highest BCUT2D eigenvalue weighted by Gasteiger charge is 2.51. The van der Waals surface area contributed by atoms with Crippen molar-refractivity contribution in [3.8, 4) is 0 Å². The van der Waals surface area contributed by atoms with Crippen molar-refractivity contribution in [1.29, 1.82) is 0 Å². The summed E-state index contributed by atoms with van der Waals surface area (Å²) in [5.74, 6) is -4.34. The number of unbranched alkanes of at least 4 members (excludes halogenated alkanes) is 18. The van der Waals surface area contributed by atoms with Crippen molar-refractivity contribution in [2.45, 2.75) is 261 Å². The van der Waals surface area contributed by atoms with E-state index in [1.54, 1.807) is 0 Å². The van der Waals surface area contributed by atoms with Gasteiger partial charge in [-0.3, -0.25) is 23.2 Å². The van der Waals surface area contributed by atoms with E-state index in [2.05, 4.69) is 6.92 Å². The number of carbonyl (C=O) groups excluding carboxylic acids is 2. The molecule has 2 fully saturated rings. The molecular weight excluding hydrogens is 954 g/mol. The molecule has 0 aromatic carbocycles. The third-order valence-electron chi connectivity index (χ3n) is 13.4. The summed E-state index contributed by atoms with van der Waals surface area (Å²) in [5, 5.41) is 79.9. The Labute approximate surface area is 416 Å². The molecule has 0 aromatic heterocycles. The van der Waals surface area contributed by atoms with E-state index in [-0.39, 0.29) is 25.7 Å². The van der Waals surface area contributed by atoms with E-state index in [9.17, 15) is 69.1 Å². The van der Waals surface area contributed by atoms with Gasteiger partial charge in [0.15, 0.2) is 6.10 Å². The third kappa shape index (κ3) is 27.8. The van der Waals surface area contributed by atoms with Crippen LogP contribution in [0.5, 0.6) is 0 Å². The molecule has 10 N–H and O–H groups in total. The molecule has 1 aliphatic heterocycles. The molecule has 1 saturated carbocycles. The Morgan fingerprint density at radius 1 is 0.743 bits per heavy atom. The first-order valence-corrected chi connectivity index (χ1v) is 29.5. The molecule has 1 unspecified atom stereocenters. The van der Waals surface area contributed by atoms with Crippen LogP contribution < -0.4 is 0 Å². The molecule has 0 aromatic rings. The summed E-state index contributed by atoms with van der Waals surface area (Å²) in [6.07, 6.45) is 5.06. The molecule has 19 nitrogen and oxygen atoms in total. The van der Waals surface area contributed by atoms with Crippen LogP contribution in [-0.4, -0.2) is 137 Å². The quantitative estimate of drug-likeness (QED) is 0.0161. The Kier molecular flexibility index (Phi) is 33.8. The number of phosphoric ester groups is 2. The van der Waals surface area contributed by atoms with Crippen LogP contribution in [0, 0.1) is 11.8 Å². The monoisotopic (exact) mass is 1050 g/mol. The summed E-state index contributed by atoms with van der Waals surface area (Å²) < 4.78 is 52.3. The van der Waals surface area contributed by atoms with Crippen molar-refractivity contribution < 1.29 is 92.2 Å². The van der Waals surface area contributed by atoms with Gasteiger partial charge in [0.1, 0.15) is 31.0 Å². The van der Waals surface area contributed by atoms with E-state index in [0.29, 0.717) is 38.5 Å². The summed E-state index contributed by atoms with van der Waals surface area (Å²) >= 11 is 0. The van der Waals surface area contributed by atoms with Crippen LogP contribution in [0.1, 0.15) is 200 Å². The molecule has 1 aliphatic carbocycles. The minimum absolute atomic E-state index is 0.0229. The Balaban J connectivity index is 2.20. The smallest absolute Gasteiger partial charge is 0.462 e. The van der Waals surface area contributed by atoms with Crippen LogP contribution >= 0.6 is 15.6 Å². The van der Waals surface area contributed by atoms with Crippen LogP contribution in [-0.2, 0) is 41.8 Å². The number of aliphatic hydroxyl groups excluding tert-OH is 7. The summed E-state index contributed by atoms with van der Waals surface area (Å²) in [6, 6.07) is 0. The fraction of sp³-hybridized carbons (Fsp3) is 0.918. The maximum Gasteiger partial charge on any atom is 0.472 e. The van der Waals surface area contributed by atoms with Crippen LogP contribution in [0.2, 0.25) is 0 Å². The zero-order valence-electron chi connectivity index (χ0n) is 42.0. The summed E-state index contributed by atoms with van der Waals surface area (Å²) in [6.45, 7) is 2.64. The van der Waals surface area contributed by atoms with E-state index in [4.69, 9.17) is 23.0 Å². The first-order chi connectivity index (χ1) is 33.3. The molecule has 13 atom stereocenters. The van der Waals surface area contributed by atoms with E-state index in [1.807, 2.05) is 6.92 Å². The second-order valence-corrected chi connectivity index (χ2v) is 22.2. The highest BCUT2D eigenvalue weighted by molar-refractivity contribution is 7.47. The Hall–Kier alpha value is -1.38. The molecule has 2 aliphatic rings. The number of hydrogen-bond acceptors (Lipinski definition) is 16. The van der Waals surface area contributed by atoms with Crippen molar-refractivity contribution in [3.63, 3.8) is 0 Å². The predicted octanol–water partition coefficient (Wildman–Crippen LogP) is 7.12. The number of cyclic esters (lactones) is 1. The van der Waals surface area contributed by atoms with E-state index >= 15 is 0 Å². The third-order valence-corrected chi connectivity index (χ3v) is 14.9. The van der Waals surface area contributed by atoms with E-state index < -0.39 is 120 Å². The fourth-order valence-electron chi connectivity index (χ4n) is 9.23. The number of phosphoric acid groups is 2. The second-order valence-electron chi connectivity index (χ2n) is 19.6. The lowest BCUT2D eigenvalue weighted by Crippen LogP contribution is -2.56. The molecule has 1 saturated heterocycles. The molecule has 0 radical (unpaired) electrons. The molecule has 0 spiro atoms. The minimum Gasteiger partial charge on any atom is -0.462 e. The molecule has 2 bridgehead atoms. The van der Waals surface area contributed by atoms with Gasteiger partial charge in [0.05, 0.1) is 37.1 Å². The van der Waals surface area contributed by atoms with Gasteiger partial charge in [0, 0.05) is 31.1 Å². The summed E-state index contributed by atoms with van der Waals surface area (Å²) in [5.41, 5.74) is 0. The van der Waals surface area contributed by atoms with Gasteiger partial charge in [-0.15, -0.1) is 0 Å². The lowest BCUT2D eigenvalue weighted by molar-refractivity contribution is -0.166. The van der Waals surface area contributed by atoms with Crippen LogP contribution in [0.25, 0.3) is 0 Å². The van der Waals surface area contributed by atoms with Crippen molar-refractivity contribution in [3.05, 3.63) is 12.2 Å². The van der Waals surface area contributed by atoms with Gasteiger partial charge in [-0.25, -0.2) is 9.13 Å². The van der Waals surface area contributed by atoms with Crippen LogP contribution in [0.4, 0.5) is 0 Å². The maximum atomic E-state index is 13.7. The van der Waals surface area contributed by atoms with Crippen molar-refractivity contribution >= 4 is 27.6 Å². The largest absolute Gasteiger partial charge is 0.472 e. The Morgan fingerprint density at radius 2 is 1.29 bits per heavy atom. The summed E-state index contributed by atoms with van der Waals surface area (Å²) in [7, 11) is -11.4. The van der Waals surface area contributed by atoms with Crippen LogP contribution in [0.15, 0.2) is 12.2 Å². The Morgan fingerprint density at radius 3 is 1.86 bits per heavy atom. The number of hydrogen-bond donors (Lipinski definition) is 10. The molecule has 21 heteroatoms. The second kappa shape index (κ2) is 36.5. The SMILES string of the molecule is CCCCCCCCCCCCCCCCCCCC(=O)OC[C@@H]1COP(=O)(O)O[C@H]2[C@H](O)[C@@H](O)[C@H](O)[C@@H](CCCCCCC(=O)O1)[C@@H](O)C[C@@H](O)[C@H](/C=C/[C@@H](O)CCCCC)[C@@H](O)[C@H]2OP(=O)(O)O. The number of fused-ring (bicyclic) bond motifs is 4. The lowest BCUT2D eigenvalue weighted by Gasteiger charge is -2.39. The molecular formula is C49H92O19P2. The Bertz CT molecular complexity index is 1520. The van der Waals surface area contributed by atoms with Gasteiger partial charge < -0.3 is 59.9 Å². The topological polar surface area (TPSA) is 317 Å². The maximum absolute atomic E-state index is 13.7. The molecule has 2 rings (SSSR count). The van der Waals surface area contributed by atoms with Crippen LogP contribution in [0.3, 0.4) is 0 Å². The van der Waals surface area contributed by atoms with Gasteiger partial charge in [-0.05, 0) is 25.7 Å². The van der Waals surface area contributed by atoms with Gasteiger partial charge in [0.2, 0.25) is 0 Å². The zero-order chi connectivity index (χ0) is 52.0. The molecule has 412 valence electrons. The van der Waals surface area contributed by atoms with Crippen molar-refractivity contribution in [2.75, 3.05) is 13.2 Å². The normalized spacial score (nSPS) is 30.9. The van der Waals surface area contributed by atoms with Gasteiger partial charge in [0.25, 0.3) is 0 Å². The standard InChI is InChI=1S/C49H92O19P2/c1-3-5-7-8-9-10-11-12-13-14-15-16-17-18-19-20-25-29-42(53)64-34-37-35-65-70(62,63)68-49-47(58)46(57)44(55)38(28-24-21-22-26-30-43(54)66-37)40(51)33-41(52)39(32-31-36(50)27-23-6-4-2)45(56)48(49)67-69(59,60)61/h31-32,36-41,44-52,55-58H,3-30,33-35H2,1-2H3,(H,62,63)(H2,59,60,61)/b32-31+/t36-,37+,38-,39-,40-,41+,44+,45+,46-,47+,48+,49-/m0/s1. The van der Waals surface area contributed by atoms with E-state index in [1.165, 1.54) is 83.1 Å². The minimum atomic E-state index is -5.75. The molecule has 70 heavy (non-hydrogen) atoms. The average Bonchev–Trinajstić information content (AvgIpc) is 3.30. The van der Waals surface area contributed by atoms with E-state index in [0.717, 1.165) is 44.6 Å². The molecule has 1 heterocycles. The van der Waals surface area contributed by atoms with Gasteiger partial charge in [-0.1, -0.05) is 167 Å². The van der Waals surface area contributed by atoms with Gasteiger partial charge in [-0.2, -0.15) is 0 Å². The highest BCUT2D eigenvalue weighted by Crippen LogP contribution is 2.50.